The molecule has 1 heterocycles. The Morgan fingerprint density at radius 1 is 1.25 bits per heavy atom. The molecular formula is C2H2BN3O2. The molecule has 0 aliphatic carbocycles. The Hall–Kier alpha value is -1.20. The summed E-state index contributed by atoms with van der Waals surface area (Å²) < 4.78 is 0.444. The molecule has 1 rings (SSSR count). The number of hydrogen-bond acceptors (Lipinski definition) is 2. The van der Waals surface area contributed by atoms with Crippen LogP contribution in [-0.4, -0.2) is 22.7 Å². The predicted octanol–water partition coefficient (Wildman–Crippen LogP) is -2.20. The highest BCUT2D eigenvalue weighted by Crippen LogP contribution is 1.43. The number of rotatable bonds is 0. The van der Waals surface area contributed by atoms with Crippen LogP contribution in [0.4, 0.5) is 0 Å². The number of nitrogens with one attached hydrogen (secondary N) is 2. The summed E-state index contributed by atoms with van der Waals surface area (Å²) in [5, 5.41) is 3.96. The number of nitrogens with zero attached hydrogens (tertiary/aromatic N) is 1. The van der Waals surface area contributed by atoms with Crippen LogP contribution in [0.5, 0.6) is 0 Å². The average molecular weight is 111 g/mol. The highest BCUT2D eigenvalue weighted by atomic mass is 16.2. The minimum atomic E-state index is -0.644. The van der Waals surface area contributed by atoms with Crippen LogP contribution in [0.1, 0.15) is 0 Å². The molecule has 2 radical (unpaired) electrons. The maximum absolute atomic E-state index is 10.2. The van der Waals surface area contributed by atoms with Gasteiger partial charge in [-0.2, -0.15) is 0 Å². The van der Waals surface area contributed by atoms with Gasteiger partial charge in [0.25, 0.3) is 0 Å². The zero-order chi connectivity index (χ0) is 6.15. The van der Waals surface area contributed by atoms with E-state index in [4.69, 9.17) is 7.98 Å². The highest BCUT2D eigenvalue weighted by Gasteiger charge is 1.90. The molecule has 0 fully saturated rings. The maximum Gasteiger partial charge on any atom is 0.330 e. The molecule has 8 heavy (non-hydrogen) atoms. The molecule has 1 aromatic rings. The molecule has 1 aromatic heterocycles. The van der Waals surface area contributed by atoms with Crippen LogP contribution in [-0.2, 0) is 0 Å². The van der Waals surface area contributed by atoms with Gasteiger partial charge in [-0.15, -0.1) is 0 Å². The second-order valence-corrected chi connectivity index (χ2v) is 1.23. The molecular weight excluding hydrogens is 109 g/mol. The summed E-state index contributed by atoms with van der Waals surface area (Å²) in [5.41, 5.74) is -1.29. The maximum atomic E-state index is 10.2. The summed E-state index contributed by atoms with van der Waals surface area (Å²) in [6.07, 6.45) is 0. The average Bonchev–Trinajstić information content (AvgIpc) is 1.98. The molecule has 40 valence electrons. The van der Waals surface area contributed by atoms with Crippen molar-refractivity contribution in [2.75, 3.05) is 0 Å². The van der Waals surface area contributed by atoms with E-state index in [0.29, 0.717) is 4.48 Å². The van der Waals surface area contributed by atoms with Gasteiger partial charge in [0.15, 0.2) is 0 Å². The van der Waals surface area contributed by atoms with Gasteiger partial charge in [-0.25, -0.2) is 19.8 Å². The first kappa shape index (κ1) is 4.95. The first-order chi connectivity index (χ1) is 3.72. The lowest BCUT2D eigenvalue weighted by Gasteiger charge is -1.73. The molecule has 0 aliphatic rings. The van der Waals surface area contributed by atoms with Crippen LogP contribution in [0.15, 0.2) is 9.59 Å². The van der Waals surface area contributed by atoms with E-state index in [1.54, 1.807) is 0 Å². The van der Waals surface area contributed by atoms with Gasteiger partial charge in [0.05, 0.1) is 0 Å². The van der Waals surface area contributed by atoms with E-state index >= 15 is 0 Å². The Kier molecular flexibility index (Phi) is 0.863. The van der Waals surface area contributed by atoms with Crippen molar-refractivity contribution in [3.8, 4) is 0 Å². The van der Waals surface area contributed by atoms with Gasteiger partial charge >= 0.3 is 11.4 Å². The highest BCUT2D eigenvalue weighted by molar-refractivity contribution is 6.06. The van der Waals surface area contributed by atoms with Crippen molar-refractivity contribution in [2.45, 2.75) is 0 Å². The van der Waals surface area contributed by atoms with E-state index < -0.39 is 11.4 Å². The summed E-state index contributed by atoms with van der Waals surface area (Å²) in [6.45, 7) is 0. The minimum Gasteiger partial charge on any atom is -0.302 e. The number of hydrogen-bond donors (Lipinski definition) is 2. The summed E-state index contributed by atoms with van der Waals surface area (Å²) in [7, 11) is 4.83. The van der Waals surface area contributed by atoms with Gasteiger partial charge < -0.3 is 4.48 Å². The third-order valence-electron chi connectivity index (χ3n) is 0.714. The van der Waals surface area contributed by atoms with Crippen molar-refractivity contribution in [1.82, 2.24) is 14.7 Å². The van der Waals surface area contributed by atoms with Crippen LogP contribution in [0.25, 0.3) is 0 Å². The van der Waals surface area contributed by atoms with Crippen molar-refractivity contribution in [2.24, 2.45) is 0 Å². The van der Waals surface area contributed by atoms with E-state index in [1.165, 1.54) is 0 Å². The molecule has 0 atom stereocenters. The lowest BCUT2D eigenvalue weighted by atomic mass is 10.4. The normalized spacial score (nSPS) is 9.50. The molecule has 0 saturated heterocycles. The van der Waals surface area contributed by atoms with Crippen molar-refractivity contribution >= 4 is 7.98 Å². The molecule has 2 N–H and O–H groups in total. The van der Waals surface area contributed by atoms with E-state index in [-0.39, 0.29) is 0 Å². The number of aromatic nitrogens is 3. The molecule has 0 aliphatic heterocycles. The monoisotopic (exact) mass is 111 g/mol. The van der Waals surface area contributed by atoms with Crippen molar-refractivity contribution < 1.29 is 0 Å². The summed E-state index contributed by atoms with van der Waals surface area (Å²) in [5.74, 6) is 0. The summed E-state index contributed by atoms with van der Waals surface area (Å²) in [4.78, 5) is 20.4. The SMILES string of the molecule is [B]n1c(=O)[nH][nH]c1=O. The van der Waals surface area contributed by atoms with Crippen molar-refractivity contribution in [1.29, 1.82) is 0 Å². The first-order valence-electron chi connectivity index (χ1n) is 1.86. The van der Waals surface area contributed by atoms with Gasteiger partial charge in [0, 0.05) is 0 Å². The molecule has 0 unspecified atom stereocenters. The number of H-pyrrole nitrogens is 2. The van der Waals surface area contributed by atoms with Crippen molar-refractivity contribution in [3.05, 3.63) is 21.0 Å². The largest absolute Gasteiger partial charge is 0.330 e. The van der Waals surface area contributed by atoms with Gasteiger partial charge in [0.1, 0.15) is 0 Å². The zero-order valence-corrected chi connectivity index (χ0v) is 3.84. The molecule has 0 saturated carbocycles. The molecule has 0 amide bonds. The quantitative estimate of drug-likeness (QED) is 0.373. The van der Waals surface area contributed by atoms with Gasteiger partial charge in [-0.3, -0.25) is 0 Å². The van der Waals surface area contributed by atoms with E-state index in [2.05, 4.69) is 0 Å². The second kappa shape index (κ2) is 1.39. The van der Waals surface area contributed by atoms with Crippen LogP contribution in [0, 0.1) is 0 Å². The fraction of sp³-hybridized carbons (Fsp3) is 0. The minimum absolute atomic E-state index is 0.444. The summed E-state index contributed by atoms with van der Waals surface area (Å²) in [6, 6.07) is 0. The van der Waals surface area contributed by atoms with Crippen LogP contribution in [0.2, 0.25) is 0 Å². The topological polar surface area (TPSA) is 70.7 Å². The van der Waals surface area contributed by atoms with E-state index in [1.807, 2.05) is 10.2 Å². The van der Waals surface area contributed by atoms with Gasteiger partial charge in [-0.05, 0) is 0 Å². The Labute approximate surface area is 44.8 Å². The second-order valence-electron chi connectivity index (χ2n) is 1.23. The number of aromatic amines is 2. The Bertz CT molecular complexity index is 252. The predicted molar refractivity (Wildman–Crippen MR) is 26.8 cm³/mol. The van der Waals surface area contributed by atoms with Crippen LogP contribution in [0.3, 0.4) is 0 Å². The van der Waals surface area contributed by atoms with Gasteiger partial charge in [0.2, 0.25) is 7.98 Å². The molecule has 0 spiro atoms. The van der Waals surface area contributed by atoms with Crippen LogP contribution >= 0.6 is 0 Å². The third-order valence-corrected chi connectivity index (χ3v) is 0.714. The molecule has 5 nitrogen and oxygen atoms in total. The standard InChI is InChI=1S/C2H2BN3O2/c3-6-1(7)4-5-2(6)8/h(H,4,7)(H,5,8). The third kappa shape index (κ3) is 0.499. The lowest BCUT2D eigenvalue weighted by molar-refractivity contribution is 1.03. The van der Waals surface area contributed by atoms with Gasteiger partial charge in [-0.1, -0.05) is 0 Å². The Morgan fingerprint density at radius 2 is 1.62 bits per heavy atom. The summed E-state index contributed by atoms with van der Waals surface area (Å²) >= 11 is 0. The fourth-order valence-electron chi connectivity index (χ4n) is 0.320. The van der Waals surface area contributed by atoms with E-state index in [0.717, 1.165) is 0 Å². The zero-order valence-electron chi connectivity index (χ0n) is 3.84. The molecule has 6 heteroatoms. The molecule has 0 aromatic carbocycles. The fourth-order valence-corrected chi connectivity index (χ4v) is 0.320. The van der Waals surface area contributed by atoms with Crippen LogP contribution < -0.4 is 11.4 Å². The first-order valence-corrected chi connectivity index (χ1v) is 1.86. The molecule has 0 bridgehead atoms. The lowest BCUT2D eigenvalue weighted by Crippen LogP contribution is -2.24. The Balaban J connectivity index is 3.66. The Morgan fingerprint density at radius 3 is 1.75 bits per heavy atom. The van der Waals surface area contributed by atoms with Crippen molar-refractivity contribution in [3.63, 3.8) is 0 Å². The smallest absolute Gasteiger partial charge is 0.302 e. The van der Waals surface area contributed by atoms with E-state index in [9.17, 15) is 9.59 Å².